The molecule has 5 aromatic heterocycles. The standard InChI is InChI=1S/C51H33N5/c1-2-12-39(13-3-1)56-47-19-5-4-14-42(47)43-16-10-15-41(51(43)56)35-23-26-44-49(33-35)55(48-20-11-29-54-50(44)48)40-24-21-34(22-25-40)36-30-37(45-17-6-8-27-52-45)32-38(31-36)46-18-7-9-28-53-46/h1-33H. The Balaban J connectivity index is 1.08. The van der Waals surface area contributed by atoms with Crippen molar-refractivity contribution < 1.29 is 0 Å². The summed E-state index contributed by atoms with van der Waals surface area (Å²) in [4.78, 5) is 14.2. The summed E-state index contributed by atoms with van der Waals surface area (Å²) in [5, 5.41) is 3.59. The zero-order valence-electron chi connectivity index (χ0n) is 30.3. The average molecular weight is 716 g/mol. The Labute approximate surface area is 323 Å². The highest BCUT2D eigenvalue weighted by atomic mass is 15.0. The monoisotopic (exact) mass is 715 g/mol. The third kappa shape index (κ3) is 5.21. The van der Waals surface area contributed by atoms with Gasteiger partial charge in [0, 0.05) is 62.8 Å². The van der Waals surface area contributed by atoms with Gasteiger partial charge >= 0.3 is 0 Å². The fourth-order valence-corrected chi connectivity index (χ4v) is 8.33. The largest absolute Gasteiger partial charge is 0.309 e. The third-order valence-corrected chi connectivity index (χ3v) is 10.9. The maximum Gasteiger partial charge on any atom is 0.0963 e. The normalized spacial score (nSPS) is 11.6. The van der Waals surface area contributed by atoms with Crippen LogP contribution in [0.2, 0.25) is 0 Å². The molecule has 0 aliphatic carbocycles. The Hall–Kier alpha value is -7.63. The van der Waals surface area contributed by atoms with Gasteiger partial charge in [-0.05, 0) is 114 Å². The number of nitrogens with zero attached hydrogens (tertiary/aromatic N) is 5. The number of para-hydroxylation sites is 3. The first-order valence-corrected chi connectivity index (χ1v) is 18.8. The quantitative estimate of drug-likeness (QED) is 0.172. The molecule has 11 aromatic rings. The Bertz CT molecular complexity index is 3160. The lowest BCUT2D eigenvalue weighted by Crippen LogP contribution is -1.96. The third-order valence-electron chi connectivity index (χ3n) is 10.9. The summed E-state index contributed by atoms with van der Waals surface area (Å²) in [6, 6.07) is 64.6. The molecule has 5 nitrogen and oxygen atoms in total. The van der Waals surface area contributed by atoms with E-state index in [-0.39, 0.29) is 0 Å². The van der Waals surface area contributed by atoms with Crippen LogP contribution < -0.4 is 0 Å². The van der Waals surface area contributed by atoms with Crippen molar-refractivity contribution >= 4 is 43.7 Å². The molecule has 5 heterocycles. The predicted molar refractivity (Wildman–Crippen MR) is 230 cm³/mol. The molecule has 0 saturated heterocycles. The van der Waals surface area contributed by atoms with Crippen molar-refractivity contribution in [2.24, 2.45) is 0 Å². The van der Waals surface area contributed by atoms with E-state index in [2.05, 4.69) is 171 Å². The smallest absolute Gasteiger partial charge is 0.0963 e. The van der Waals surface area contributed by atoms with Gasteiger partial charge in [0.2, 0.25) is 0 Å². The van der Waals surface area contributed by atoms with Crippen LogP contribution in [0.1, 0.15) is 0 Å². The van der Waals surface area contributed by atoms with E-state index in [1.807, 2.05) is 48.9 Å². The lowest BCUT2D eigenvalue weighted by Gasteiger charge is -2.13. The molecular weight excluding hydrogens is 683 g/mol. The van der Waals surface area contributed by atoms with Gasteiger partial charge in [0.15, 0.2) is 0 Å². The van der Waals surface area contributed by atoms with Gasteiger partial charge in [-0.15, -0.1) is 0 Å². The van der Waals surface area contributed by atoms with Gasteiger partial charge in [0.05, 0.1) is 39.0 Å². The minimum absolute atomic E-state index is 0.927. The van der Waals surface area contributed by atoms with E-state index in [0.717, 1.165) is 72.5 Å². The maximum atomic E-state index is 4.90. The zero-order valence-corrected chi connectivity index (χ0v) is 30.3. The van der Waals surface area contributed by atoms with E-state index in [1.165, 1.54) is 27.4 Å². The minimum Gasteiger partial charge on any atom is -0.309 e. The van der Waals surface area contributed by atoms with Gasteiger partial charge in [-0.25, -0.2) is 0 Å². The Morgan fingerprint density at radius 2 is 0.946 bits per heavy atom. The Kier molecular flexibility index (Phi) is 7.42. The van der Waals surface area contributed by atoms with Crippen LogP contribution in [0, 0.1) is 0 Å². The van der Waals surface area contributed by atoms with Crippen molar-refractivity contribution in [2.45, 2.75) is 0 Å². The van der Waals surface area contributed by atoms with Gasteiger partial charge < -0.3 is 9.13 Å². The van der Waals surface area contributed by atoms with Crippen LogP contribution in [-0.2, 0) is 0 Å². The van der Waals surface area contributed by atoms with Crippen LogP contribution in [0.3, 0.4) is 0 Å². The molecule has 0 atom stereocenters. The SMILES string of the molecule is c1ccc(-n2c3ccccc3c3cccc(-c4ccc5c6ncccc6n(-c6ccc(-c7cc(-c8ccccn8)cc(-c8ccccn8)c7)cc6)c5c4)c32)cc1. The molecule has 56 heavy (non-hydrogen) atoms. The summed E-state index contributed by atoms with van der Waals surface area (Å²) in [5.41, 5.74) is 16.3. The minimum atomic E-state index is 0.927. The molecule has 5 heteroatoms. The van der Waals surface area contributed by atoms with E-state index in [9.17, 15) is 0 Å². The summed E-state index contributed by atoms with van der Waals surface area (Å²) in [5.74, 6) is 0. The van der Waals surface area contributed by atoms with E-state index < -0.39 is 0 Å². The molecule has 0 N–H and O–H groups in total. The Morgan fingerprint density at radius 1 is 0.321 bits per heavy atom. The summed E-state index contributed by atoms with van der Waals surface area (Å²) < 4.78 is 4.75. The number of hydrogen-bond acceptors (Lipinski definition) is 3. The second-order valence-corrected chi connectivity index (χ2v) is 14.1. The number of benzene rings is 6. The highest BCUT2D eigenvalue weighted by Crippen LogP contribution is 2.41. The number of hydrogen-bond donors (Lipinski definition) is 0. The fourth-order valence-electron chi connectivity index (χ4n) is 8.33. The van der Waals surface area contributed by atoms with Gasteiger partial charge in [-0.1, -0.05) is 84.9 Å². The lowest BCUT2D eigenvalue weighted by molar-refractivity contribution is 1.17. The fraction of sp³-hybridized carbons (Fsp3) is 0. The van der Waals surface area contributed by atoms with Crippen LogP contribution in [0.15, 0.2) is 201 Å². The molecule has 11 rings (SSSR count). The molecule has 0 amide bonds. The molecular formula is C51H33N5. The van der Waals surface area contributed by atoms with Crippen molar-refractivity contribution in [1.82, 2.24) is 24.1 Å². The van der Waals surface area contributed by atoms with Gasteiger partial charge in [-0.2, -0.15) is 0 Å². The van der Waals surface area contributed by atoms with E-state index in [0.29, 0.717) is 0 Å². The van der Waals surface area contributed by atoms with Crippen LogP contribution in [-0.4, -0.2) is 24.1 Å². The average Bonchev–Trinajstić information content (AvgIpc) is 3.80. The zero-order chi connectivity index (χ0) is 37.0. The number of fused-ring (bicyclic) bond motifs is 6. The van der Waals surface area contributed by atoms with E-state index in [1.54, 1.807) is 0 Å². The van der Waals surface area contributed by atoms with Crippen molar-refractivity contribution in [2.75, 3.05) is 0 Å². The van der Waals surface area contributed by atoms with E-state index in [4.69, 9.17) is 4.98 Å². The molecule has 0 aliphatic heterocycles. The van der Waals surface area contributed by atoms with Crippen LogP contribution >= 0.6 is 0 Å². The van der Waals surface area contributed by atoms with Crippen LogP contribution in [0.4, 0.5) is 0 Å². The van der Waals surface area contributed by atoms with Crippen molar-refractivity contribution in [3.05, 3.63) is 201 Å². The summed E-state index contributed by atoms with van der Waals surface area (Å²) in [6.07, 6.45) is 5.56. The molecule has 0 bridgehead atoms. The molecule has 0 spiro atoms. The topological polar surface area (TPSA) is 48.5 Å². The first-order valence-electron chi connectivity index (χ1n) is 18.8. The lowest BCUT2D eigenvalue weighted by atomic mass is 9.96. The van der Waals surface area contributed by atoms with Gasteiger partial charge in [-0.3, -0.25) is 15.0 Å². The first kappa shape index (κ1) is 31.9. The molecule has 0 radical (unpaired) electrons. The molecule has 0 aliphatic rings. The van der Waals surface area contributed by atoms with Crippen LogP contribution in [0.25, 0.3) is 99.9 Å². The number of pyridine rings is 3. The highest BCUT2D eigenvalue weighted by Gasteiger charge is 2.19. The molecule has 0 fully saturated rings. The van der Waals surface area contributed by atoms with Crippen molar-refractivity contribution in [3.63, 3.8) is 0 Å². The number of aromatic nitrogens is 5. The van der Waals surface area contributed by atoms with Gasteiger partial charge in [0.25, 0.3) is 0 Å². The molecule has 6 aromatic carbocycles. The highest BCUT2D eigenvalue weighted by molar-refractivity contribution is 6.15. The molecule has 0 saturated carbocycles. The predicted octanol–water partition coefficient (Wildman–Crippen LogP) is 12.7. The van der Waals surface area contributed by atoms with Crippen molar-refractivity contribution in [1.29, 1.82) is 0 Å². The maximum absolute atomic E-state index is 4.90. The second kappa shape index (κ2) is 13.0. The first-order chi connectivity index (χ1) is 27.8. The van der Waals surface area contributed by atoms with Crippen molar-refractivity contribution in [3.8, 4) is 56.1 Å². The summed E-state index contributed by atoms with van der Waals surface area (Å²) >= 11 is 0. The van der Waals surface area contributed by atoms with Crippen LogP contribution in [0.5, 0.6) is 0 Å². The summed E-state index contributed by atoms with van der Waals surface area (Å²) in [6.45, 7) is 0. The molecule has 262 valence electrons. The summed E-state index contributed by atoms with van der Waals surface area (Å²) in [7, 11) is 0. The Morgan fingerprint density at radius 3 is 1.70 bits per heavy atom. The molecule has 0 unspecified atom stereocenters. The van der Waals surface area contributed by atoms with E-state index >= 15 is 0 Å². The number of rotatable bonds is 6. The van der Waals surface area contributed by atoms with Gasteiger partial charge in [0.1, 0.15) is 0 Å². The second-order valence-electron chi connectivity index (χ2n) is 14.1.